The molecule has 0 aromatic carbocycles. The minimum absolute atomic E-state index is 0.00291. The van der Waals surface area contributed by atoms with E-state index in [2.05, 4.69) is 6.58 Å². The van der Waals surface area contributed by atoms with Crippen LogP contribution in [0, 0.1) is 0 Å². The third-order valence-electron chi connectivity index (χ3n) is 3.76. The molecule has 0 bridgehead atoms. The fourth-order valence-corrected chi connectivity index (χ4v) is 2.40. The summed E-state index contributed by atoms with van der Waals surface area (Å²) in [6, 6.07) is 0. The molecule has 0 spiro atoms. The zero-order chi connectivity index (χ0) is 17.0. The molecule has 5 nitrogen and oxygen atoms in total. The average Bonchev–Trinajstić information content (AvgIpc) is 3.04. The van der Waals surface area contributed by atoms with Crippen molar-refractivity contribution in [3.05, 3.63) is 58.7 Å². The van der Waals surface area contributed by atoms with Crippen LogP contribution in [0.4, 0.5) is 0 Å². The van der Waals surface area contributed by atoms with Crippen LogP contribution in [0.25, 0.3) is 0 Å². The fourth-order valence-electron chi connectivity index (χ4n) is 2.40. The number of hydrogen-bond acceptors (Lipinski definition) is 5. The van der Waals surface area contributed by atoms with Crippen molar-refractivity contribution in [2.45, 2.75) is 20.8 Å². The summed E-state index contributed by atoms with van der Waals surface area (Å²) < 4.78 is 10.5. The average molecular weight is 317 g/mol. The normalized spacial score (nSPS) is 19.1. The summed E-state index contributed by atoms with van der Waals surface area (Å²) in [6.07, 6.45) is 5.69. The molecule has 0 unspecified atom stereocenters. The van der Waals surface area contributed by atoms with Crippen molar-refractivity contribution in [2.75, 3.05) is 26.3 Å². The molecular formula is C18H23NO4. The zero-order valence-corrected chi connectivity index (χ0v) is 13.9. The van der Waals surface area contributed by atoms with Gasteiger partial charge in [-0.2, -0.15) is 0 Å². The number of nitrogens with zero attached hydrogens (tertiary/aromatic N) is 1. The van der Waals surface area contributed by atoms with E-state index in [1.165, 1.54) is 0 Å². The first-order chi connectivity index (χ1) is 11.0. The van der Waals surface area contributed by atoms with Gasteiger partial charge in [-0.3, -0.25) is 0 Å². The molecule has 0 aromatic rings. The number of aliphatic hydroxyl groups excluding tert-OH is 1. The van der Waals surface area contributed by atoms with E-state index in [1.54, 1.807) is 6.92 Å². The maximum Gasteiger partial charge on any atom is 0.339 e. The summed E-state index contributed by atoms with van der Waals surface area (Å²) in [6.45, 7) is 11.4. The molecule has 0 radical (unpaired) electrons. The largest absolute Gasteiger partial charge is 0.505 e. The molecule has 0 saturated heterocycles. The van der Waals surface area contributed by atoms with Gasteiger partial charge in [0.1, 0.15) is 17.9 Å². The Bertz CT molecular complexity index is 637. The summed E-state index contributed by atoms with van der Waals surface area (Å²) >= 11 is 0. The molecule has 0 atom stereocenters. The van der Waals surface area contributed by atoms with Gasteiger partial charge < -0.3 is 19.5 Å². The van der Waals surface area contributed by atoms with Crippen molar-refractivity contribution in [1.82, 2.24) is 4.90 Å². The van der Waals surface area contributed by atoms with Crippen molar-refractivity contribution in [3.63, 3.8) is 0 Å². The number of ether oxygens (including phenoxy) is 2. The summed E-state index contributed by atoms with van der Waals surface area (Å²) in [5.74, 6) is 0.122. The predicted octanol–water partition coefficient (Wildman–Crippen LogP) is 3.00. The Morgan fingerprint density at radius 2 is 2.17 bits per heavy atom. The van der Waals surface area contributed by atoms with Crippen LogP contribution in [-0.2, 0) is 14.3 Å². The van der Waals surface area contributed by atoms with Gasteiger partial charge >= 0.3 is 5.97 Å². The second kappa shape index (κ2) is 7.22. The number of carbonyl (C=O) groups is 1. The highest BCUT2D eigenvalue weighted by Gasteiger charge is 2.34. The van der Waals surface area contributed by atoms with Crippen molar-refractivity contribution in [2.24, 2.45) is 0 Å². The molecule has 1 N–H and O–H groups in total. The quantitative estimate of drug-likeness (QED) is 0.463. The van der Waals surface area contributed by atoms with E-state index >= 15 is 0 Å². The summed E-state index contributed by atoms with van der Waals surface area (Å²) in [5.41, 5.74) is 3.08. The Morgan fingerprint density at radius 1 is 1.43 bits per heavy atom. The van der Waals surface area contributed by atoms with E-state index in [0.717, 1.165) is 11.1 Å². The van der Waals surface area contributed by atoms with Gasteiger partial charge in [0.25, 0.3) is 0 Å². The van der Waals surface area contributed by atoms with E-state index in [0.29, 0.717) is 43.3 Å². The minimum atomic E-state index is -0.458. The third-order valence-corrected chi connectivity index (χ3v) is 3.76. The Labute approximate surface area is 136 Å². The molecule has 0 saturated carbocycles. The summed E-state index contributed by atoms with van der Waals surface area (Å²) in [7, 11) is 0. The molecule has 2 aliphatic heterocycles. The SMILES string of the molecule is C=C(/C=C1/C=C2C(O)=C(C(=O)OCC)CN2C1)OC/C(C)=C/C. The lowest BCUT2D eigenvalue weighted by molar-refractivity contribution is -0.138. The highest BCUT2D eigenvalue weighted by atomic mass is 16.5. The number of allylic oxidation sites excluding steroid dienone is 2. The van der Waals surface area contributed by atoms with Crippen molar-refractivity contribution in [1.29, 1.82) is 0 Å². The van der Waals surface area contributed by atoms with Crippen LogP contribution in [0.1, 0.15) is 20.8 Å². The smallest absolute Gasteiger partial charge is 0.339 e. The lowest BCUT2D eigenvalue weighted by Crippen LogP contribution is -2.20. The first-order valence-electron chi connectivity index (χ1n) is 7.66. The first kappa shape index (κ1) is 16.9. The van der Waals surface area contributed by atoms with Gasteiger partial charge in [-0.15, -0.1) is 0 Å². The van der Waals surface area contributed by atoms with Gasteiger partial charge in [0.15, 0.2) is 5.76 Å². The molecule has 2 rings (SSSR count). The maximum atomic E-state index is 11.8. The van der Waals surface area contributed by atoms with E-state index in [-0.39, 0.29) is 5.76 Å². The first-order valence-corrected chi connectivity index (χ1v) is 7.66. The minimum Gasteiger partial charge on any atom is -0.505 e. The molecule has 2 aliphatic rings. The van der Waals surface area contributed by atoms with Crippen molar-refractivity contribution >= 4 is 5.97 Å². The van der Waals surface area contributed by atoms with Crippen molar-refractivity contribution < 1.29 is 19.4 Å². The predicted molar refractivity (Wildman–Crippen MR) is 88.5 cm³/mol. The fraction of sp³-hybridized carbons (Fsp3) is 0.389. The highest BCUT2D eigenvalue weighted by Crippen LogP contribution is 2.33. The van der Waals surface area contributed by atoms with Gasteiger partial charge in [0.05, 0.1) is 18.8 Å². The highest BCUT2D eigenvalue weighted by molar-refractivity contribution is 5.91. The molecule has 5 heteroatoms. The number of hydrogen-bond donors (Lipinski definition) is 1. The molecule has 0 amide bonds. The van der Waals surface area contributed by atoms with Gasteiger partial charge in [-0.25, -0.2) is 4.79 Å². The number of fused-ring (bicyclic) bond motifs is 1. The Balaban J connectivity index is 2.05. The van der Waals surface area contributed by atoms with Gasteiger partial charge in [0.2, 0.25) is 0 Å². The van der Waals surface area contributed by atoms with E-state index < -0.39 is 5.97 Å². The number of rotatable bonds is 6. The Morgan fingerprint density at radius 3 is 2.78 bits per heavy atom. The second-order valence-corrected chi connectivity index (χ2v) is 5.54. The summed E-state index contributed by atoms with van der Waals surface area (Å²) in [5, 5.41) is 10.2. The number of aliphatic hydroxyl groups is 1. The molecule has 0 fully saturated rings. The molecule has 2 heterocycles. The van der Waals surface area contributed by atoms with Gasteiger partial charge in [-0.1, -0.05) is 12.7 Å². The maximum absolute atomic E-state index is 11.8. The van der Waals surface area contributed by atoms with Gasteiger partial charge in [-0.05, 0) is 44.1 Å². The van der Waals surface area contributed by atoms with E-state index in [9.17, 15) is 9.90 Å². The lowest BCUT2D eigenvalue weighted by Gasteiger charge is -2.13. The standard InChI is InChI=1S/C18H23NO4/c1-5-12(3)11-23-13(4)7-14-8-16-17(20)15(10-19(16)9-14)18(21)22-6-2/h5,7-8,20H,4,6,9-11H2,1-3H3/b12-5+,14-7-. The molecule has 0 aromatic heterocycles. The third kappa shape index (κ3) is 3.86. The van der Waals surface area contributed by atoms with Crippen LogP contribution in [0.2, 0.25) is 0 Å². The molecule has 124 valence electrons. The van der Waals surface area contributed by atoms with Crippen LogP contribution in [0.5, 0.6) is 0 Å². The Kier molecular flexibility index (Phi) is 5.32. The molecular weight excluding hydrogens is 294 g/mol. The number of esters is 1. The Hall–Kier alpha value is -2.43. The summed E-state index contributed by atoms with van der Waals surface area (Å²) in [4.78, 5) is 13.7. The van der Waals surface area contributed by atoms with Crippen LogP contribution >= 0.6 is 0 Å². The molecule has 23 heavy (non-hydrogen) atoms. The number of carbonyl (C=O) groups excluding carboxylic acids is 1. The van der Waals surface area contributed by atoms with Crippen LogP contribution < -0.4 is 0 Å². The monoisotopic (exact) mass is 317 g/mol. The second-order valence-electron chi connectivity index (χ2n) is 5.54. The van der Waals surface area contributed by atoms with Crippen molar-refractivity contribution in [3.8, 4) is 0 Å². The van der Waals surface area contributed by atoms with Crippen LogP contribution in [0.3, 0.4) is 0 Å². The van der Waals surface area contributed by atoms with Crippen LogP contribution in [-0.4, -0.2) is 42.3 Å². The lowest BCUT2D eigenvalue weighted by atomic mass is 10.2. The zero-order valence-electron chi connectivity index (χ0n) is 13.9. The topological polar surface area (TPSA) is 59.0 Å². The van der Waals surface area contributed by atoms with Crippen LogP contribution in [0.15, 0.2) is 58.7 Å². The van der Waals surface area contributed by atoms with E-state index in [4.69, 9.17) is 9.47 Å². The van der Waals surface area contributed by atoms with Gasteiger partial charge in [0, 0.05) is 6.54 Å². The van der Waals surface area contributed by atoms with E-state index in [1.807, 2.05) is 37.0 Å². The molecule has 0 aliphatic carbocycles.